The van der Waals surface area contributed by atoms with Gasteiger partial charge >= 0.3 is 0 Å². The van der Waals surface area contributed by atoms with Gasteiger partial charge in [-0.2, -0.15) is 5.26 Å². The molecule has 290 valence electrons. The van der Waals surface area contributed by atoms with E-state index in [1.807, 2.05) is 18.2 Å². The second-order valence-corrected chi connectivity index (χ2v) is 15.6. The number of piperazine rings is 1. The topological polar surface area (TPSA) is 181 Å². The molecule has 5 amide bonds. The molecule has 1 unspecified atom stereocenters. The third-order valence-electron chi connectivity index (χ3n) is 11.6. The highest BCUT2D eigenvalue weighted by Gasteiger charge is 2.45. The van der Waals surface area contributed by atoms with Crippen LogP contribution in [0.5, 0.6) is 5.75 Å². The summed E-state index contributed by atoms with van der Waals surface area (Å²) in [5.74, 6) is 0.0554. The molecule has 3 saturated heterocycles. The van der Waals surface area contributed by atoms with Crippen molar-refractivity contribution in [1.82, 2.24) is 25.3 Å². The summed E-state index contributed by atoms with van der Waals surface area (Å²) in [7, 11) is 0. The minimum absolute atomic E-state index is 0.0878. The minimum Gasteiger partial charge on any atom is -0.490 e. The van der Waals surface area contributed by atoms with Crippen LogP contribution in [-0.2, 0) is 14.4 Å². The molecule has 15 nitrogen and oxygen atoms in total. The number of halogens is 1. The van der Waals surface area contributed by atoms with Gasteiger partial charge in [0.05, 0.1) is 27.8 Å². The molecular weight excluding hydrogens is 738 g/mol. The predicted molar refractivity (Wildman–Crippen MR) is 205 cm³/mol. The van der Waals surface area contributed by atoms with Gasteiger partial charge in [0.15, 0.2) is 11.6 Å². The molecule has 3 atom stereocenters. The Kier molecular flexibility index (Phi) is 10.6. The molecule has 0 bridgehead atoms. The van der Waals surface area contributed by atoms with Crippen LogP contribution in [0.3, 0.4) is 0 Å². The second kappa shape index (κ2) is 15.9. The van der Waals surface area contributed by atoms with Crippen LogP contribution in [0, 0.1) is 23.2 Å². The van der Waals surface area contributed by atoms with E-state index in [-0.39, 0.29) is 36.3 Å². The smallest absolute Gasteiger partial charge is 0.262 e. The summed E-state index contributed by atoms with van der Waals surface area (Å²) in [5.41, 5.74) is 1.85. The monoisotopic (exact) mass is 779 g/mol. The highest BCUT2D eigenvalue weighted by atomic mass is 35.5. The highest BCUT2D eigenvalue weighted by Crippen LogP contribution is 2.33. The number of carbonyl (C=O) groups excluding carboxylic acids is 5. The van der Waals surface area contributed by atoms with Crippen LogP contribution in [0.25, 0.3) is 0 Å². The number of anilines is 3. The Bertz CT molecular complexity index is 2090. The highest BCUT2D eigenvalue weighted by molar-refractivity contribution is 6.31. The number of benzene rings is 2. The molecule has 16 heteroatoms. The Morgan fingerprint density at radius 1 is 0.875 bits per heavy atom. The Labute approximate surface area is 328 Å². The zero-order chi connectivity index (χ0) is 38.9. The zero-order valence-electron chi connectivity index (χ0n) is 30.8. The van der Waals surface area contributed by atoms with Crippen molar-refractivity contribution < 1.29 is 28.7 Å². The lowest BCUT2D eigenvalue weighted by molar-refractivity contribution is -0.136. The number of hydrogen-bond acceptors (Lipinski definition) is 12. The Morgan fingerprint density at radius 3 is 2.38 bits per heavy atom. The van der Waals surface area contributed by atoms with Gasteiger partial charge in [0.1, 0.15) is 17.9 Å². The lowest BCUT2D eigenvalue weighted by Gasteiger charge is -2.39. The van der Waals surface area contributed by atoms with E-state index in [2.05, 4.69) is 35.5 Å². The van der Waals surface area contributed by atoms with Crippen molar-refractivity contribution >= 4 is 58.5 Å². The number of fused-ring (bicyclic) bond motifs is 1. The number of carbonyl (C=O) groups is 5. The average Bonchev–Trinajstić information content (AvgIpc) is 3.77. The van der Waals surface area contributed by atoms with Gasteiger partial charge in [-0.1, -0.05) is 11.6 Å². The van der Waals surface area contributed by atoms with Crippen molar-refractivity contribution in [3.05, 3.63) is 70.2 Å². The number of nitriles is 1. The first-order valence-electron chi connectivity index (χ1n) is 19.2. The Hall–Kier alpha value is -5.59. The van der Waals surface area contributed by atoms with Gasteiger partial charge in [-0.3, -0.25) is 39.1 Å². The molecule has 3 aromatic rings. The maximum Gasteiger partial charge on any atom is 0.262 e. The van der Waals surface area contributed by atoms with E-state index in [9.17, 15) is 24.0 Å². The molecule has 56 heavy (non-hydrogen) atoms. The van der Waals surface area contributed by atoms with E-state index in [1.54, 1.807) is 36.4 Å². The second-order valence-electron chi connectivity index (χ2n) is 15.2. The number of aromatic nitrogens is 2. The number of imide groups is 2. The normalized spacial score (nSPS) is 23.2. The maximum absolute atomic E-state index is 13.3. The summed E-state index contributed by atoms with van der Waals surface area (Å²) in [6.45, 7) is 6.09. The molecule has 4 aliphatic heterocycles. The molecule has 2 N–H and O–H groups in total. The molecule has 2 aromatic carbocycles. The third-order valence-corrected chi connectivity index (χ3v) is 11.9. The van der Waals surface area contributed by atoms with Crippen LogP contribution in [-0.4, -0.2) is 107 Å². The maximum atomic E-state index is 13.3. The van der Waals surface area contributed by atoms with Crippen molar-refractivity contribution in [3.8, 4) is 11.8 Å². The summed E-state index contributed by atoms with van der Waals surface area (Å²) < 4.78 is 6.03. The fourth-order valence-corrected chi connectivity index (χ4v) is 8.69. The Morgan fingerprint density at radius 2 is 1.66 bits per heavy atom. The molecule has 1 aromatic heterocycles. The number of piperidine rings is 2. The fourth-order valence-electron chi connectivity index (χ4n) is 8.48. The van der Waals surface area contributed by atoms with Gasteiger partial charge in [-0.25, -0.2) is 0 Å². The quantitative estimate of drug-likeness (QED) is 0.302. The van der Waals surface area contributed by atoms with Crippen molar-refractivity contribution in [2.75, 3.05) is 60.9 Å². The van der Waals surface area contributed by atoms with E-state index in [0.29, 0.717) is 46.5 Å². The van der Waals surface area contributed by atoms with Gasteiger partial charge < -0.3 is 19.9 Å². The molecule has 4 fully saturated rings. The van der Waals surface area contributed by atoms with E-state index in [4.69, 9.17) is 21.6 Å². The molecular formula is C40H42ClN9O6. The van der Waals surface area contributed by atoms with E-state index in [1.165, 1.54) is 0 Å². The molecule has 0 spiro atoms. The van der Waals surface area contributed by atoms with E-state index in [0.717, 1.165) is 81.5 Å². The number of amides is 5. The van der Waals surface area contributed by atoms with Crippen molar-refractivity contribution in [1.29, 1.82) is 5.26 Å². The molecule has 5 aliphatic rings. The first kappa shape index (κ1) is 37.3. The van der Waals surface area contributed by atoms with Crippen molar-refractivity contribution in [2.45, 2.75) is 57.1 Å². The standard InChI is InChI=1S/C40H42ClN9O6/c41-32-21-29(5-2-26(32)22-42)56-28-4-1-25(19-28)37(52)43-34-8-9-35(46-45-34)49-13-11-24(12-14-49)23-47-15-17-48(18-16-47)27-3-6-30-31(20-27)40(55)50(39(30)54)33-7-10-36(51)44-38(33)53/h2-3,5-6,8-9,20-21,24-25,28,33H,1,4,7,10-19,23H2,(H,43,45,52)(H,44,51,53)/t25-,28-,33?/m1/s1. The van der Waals surface area contributed by atoms with Crippen molar-refractivity contribution in [2.24, 2.45) is 11.8 Å². The zero-order valence-corrected chi connectivity index (χ0v) is 31.5. The minimum atomic E-state index is -0.977. The Balaban J connectivity index is 0.762. The van der Waals surface area contributed by atoms with E-state index < -0.39 is 29.7 Å². The molecule has 1 aliphatic carbocycles. The summed E-state index contributed by atoms with van der Waals surface area (Å²) in [6, 6.07) is 15.1. The van der Waals surface area contributed by atoms with E-state index >= 15 is 0 Å². The predicted octanol–water partition coefficient (Wildman–Crippen LogP) is 3.63. The lowest BCUT2D eigenvalue weighted by atomic mass is 9.96. The lowest BCUT2D eigenvalue weighted by Crippen LogP contribution is -2.54. The van der Waals surface area contributed by atoms with Crippen LogP contribution < -0.4 is 25.2 Å². The van der Waals surface area contributed by atoms with Crippen LogP contribution >= 0.6 is 11.6 Å². The summed E-state index contributed by atoms with van der Waals surface area (Å²) in [6.07, 6.45) is 4.19. The third kappa shape index (κ3) is 7.76. The molecule has 1 saturated carbocycles. The number of nitrogens with one attached hydrogen (secondary N) is 2. The summed E-state index contributed by atoms with van der Waals surface area (Å²) in [4.78, 5) is 71.4. The molecule has 8 rings (SSSR count). The van der Waals surface area contributed by atoms with Crippen LogP contribution in [0.15, 0.2) is 48.5 Å². The number of ether oxygens (including phenoxy) is 1. The number of nitrogens with zero attached hydrogens (tertiary/aromatic N) is 7. The molecule has 0 radical (unpaired) electrons. The average molecular weight is 780 g/mol. The number of rotatable bonds is 9. The van der Waals surface area contributed by atoms with Crippen LogP contribution in [0.1, 0.15) is 71.2 Å². The van der Waals surface area contributed by atoms with Gasteiger partial charge in [-0.05, 0) is 86.9 Å². The largest absolute Gasteiger partial charge is 0.490 e. The summed E-state index contributed by atoms with van der Waals surface area (Å²) >= 11 is 6.14. The van der Waals surface area contributed by atoms with Gasteiger partial charge in [0, 0.05) is 69.9 Å². The number of hydrogen-bond donors (Lipinski definition) is 2. The van der Waals surface area contributed by atoms with Gasteiger partial charge in [-0.15, -0.1) is 10.2 Å². The first-order chi connectivity index (χ1) is 27.1. The van der Waals surface area contributed by atoms with Crippen LogP contribution in [0.2, 0.25) is 5.02 Å². The van der Waals surface area contributed by atoms with Crippen LogP contribution in [0.4, 0.5) is 17.3 Å². The van der Waals surface area contributed by atoms with Crippen molar-refractivity contribution in [3.63, 3.8) is 0 Å². The summed E-state index contributed by atoms with van der Waals surface area (Å²) in [5, 5.41) is 23.3. The van der Waals surface area contributed by atoms with Gasteiger partial charge in [0.2, 0.25) is 17.7 Å². The molecule has 5 heterocycles. The first-order valence-corrected chi connectivity index (χ1v) is 19.6. The SMILES string of the molecule is N#Cc1ccc(O[C@@H]2CC[C@@H](C(=O)Nc3ccc(N4CCC(CN5CCN(c6ccc7c(c6)C(=O)N(C6CCC(=O)NC6=O)C7=O)CC5)CC4)nn3)C2)cc1Cl. The van der Waals surface area contributed by atoms with Gasteiger partial charge in [0.25, 0.3) is 11.8 Å². The fraction of sp³-hybridized carbons (Fsp3) is 0.450.